The number of anilines is 1. The van der Waals surface area contributed by atoms with E-state index < -0.39 is 6.04 Å². The third kappa shape index (κ3) is 6.72. The first-order valence-electron chi connectivity index (χ1n) is 9.75. The van der Waals surface area contributed by atoms with Gasteiger partial charge in [-0.2, -0.15) is 0 Å². The molecule has 1 atom stereocenters. The minimum atomic E-state index is -0.586. The second-order valence-electron chi connectivity index (χ2n) is 7.96. The number of carbonyl (C=O) groups is 2. The van der Waals surface area contributed by atoms with Gasteiger partial charge in [0.1, 0.15) is 6.04 Å². The number of nitrogens with one attached hydrogen (secondary N) is 3. The van der Waals surface area contributed by atoms with Crippen molar-refractivity contribution in [3.05, 3.63) is 65.7 Å². The van der Waals surface area contributed by atoms with Crippen LogP contribution in [0.3, 0.4) is 0 Å². The molecule has 0 aliphatic heterocycles. The molecule has 3 N–H and O–H groups in total. The normalized spacial score (nSPS) is 12.1. The monoisotopic (exact) mass is 381 g/mol. The van der Waals surface area contributed by atoms with Gasteiger partial charge in [-0.25, -0.2) is 0 Å². The summed E-state index contributed by atoms with van der Waals surface area (Å²) in [4.78, 5) is 24.5. The lowest BCUT2D eigenvalue weighted by molar-refractivity contribution is -0.122. The number of benzene rings is 2. The molecule has 0 spiro atoms. The van der Waals surface area contributed by atoms with Gasteiger partial charge in [0.25, 0.3) is 5.91 Å². The van der Waals surface area contributed by atoms with Crippen molar-refractivity contribution in [3.63, 3.8) is 0 Å². The summed E-state index contributed by atoms with van der Waals surface area (Å²) in [6, 6.07) is 16.9. The van der Waals surface area contributed by atoms with Crippen molar-refractivity contribution in [3.8, 4) is 0 Å². The topological polar surface area (TPSA) is 70.2 Å². The maximum atomic E-state index is 12.4. The van der Waals surface area contributed by atoms with Gasteiger partial charge in [-0.05, 0) is 48.6 Å². The molecule has 150 valence electrons. The standard InChI is InChI=1S/C23H31N3O2/c1-17(21(27)25-16-8-15-24-20-9-6-5-7-10-20)26-22(28)18-11-13-19(14-12-18)23(2,3)4/h5-7,9-14,17,24H,8,15-16H2,1-4H3,(H,25,27)(H,26,28). The Morgan fingerprint density at radius 1 is 0.929 bits per heavy atom. The van der Waals surface area contributed by atoms with Crippen LogP contribution in [0.2, 0.25) is 0 Å². The lowest BCUT2D eigenvalue weighted by Gasteiger charge is -2.19. The molecule has 5 heteroatoms. The van der Waals surface area contributed by atoms with Gasteiger partial charge in [0.15, 0.2) is 0 Å². The number of hydrogen-bond acceptors (Lipinski definition) is 3. The summed E-state index contributed by atoms with van der Waals surface area (Å²) in [6.45, 7) is 9.40. The molecule has 0 radical (unpaired) electrons. The third-order valence-electron chi connectivity index (χ3n) is 4.51. The van der Waals surface area contributed by atoms with E-state index in [1.807, 2.05) is 42.5 Å². The van der Waals surface area contributed by atoms with Crippen LogP contribution in [-0.4, -0.2) is 30.9 Å². The molecule has 0 heterocycles. The summed E-state index contributed by atoms with van der Waals surface area (Å²) in [5, 5.41) is 8.91. The van der Waals surface area contributed by atoms with Gasteiger partial charge in [-0.1, -0.05) is 51.1 Å². The number of amides is 2. The maximum absolute atomic E-state index is 12.4. The van der Waals surface area contributed by atoms with E-state index in [0.717, 1.165) is 18.7 Å². The van der Waals surface area contributed by atoms with E-state index in [2.05, 4.69) is 36.7 Å². The summed E-state index contributed by atoms with van der Waals surface area (Å²) >= 11 is 0. The molecule has 0 saturated heterocycles. The Bertz CT molecular complexity index is 765. The molecular formula is C23H31N3O2. The molecule has 2 rings (SSSR count). The highest BCUT2D eigenvalue weighted by atomic mass is 16.2. The number of para-hydroxylation sites is 1. The lowest BCUT2D eigenvalue weighted by Crippen LogP contribution is -2.45. The van der Waals surface area contributed by atoms with Crippen LogP contribution < -0.4 is 16.0 Å². The van der Waals surface area contributed by atoms with Crippen LogP contribution in [0.5, 0.6) is 0 Å². The van der Waals surface area contributed by atoms with Crippen molar-refractivity contribution in [2.24, 2.45) is 0 Å². The van der Waals surface area contributed by atoms with Crippen LogP contribution in [0.25, 0.3) is 0 Å². The predicted molar refractivity (Wildman–Crippen MR) is 115 cm³/mol. The van der Waals surface area contributed by atoms with Crippen LogP contribution in [0.1, 0.15) is 50.0 Å². The van der Waals surface area contributed by atoms with Crippen LogP contribution in [-0.2, 0) is 10.2 Å². The summed E-state index contributed by atoms with van der Waals surface area (Å²) in [5.74, 6) is -0.423. The first kappa shape index (κ1) is 21.5. The van der Waals surface area contributed by atoms with E-state index in [1.54, 1.807) is 19.1 Å². The number of hydrogen-bond donors (Lipinski definition) is 3. The summed E-state index contributed by atoms with van der Waals surface area (Å²) in [6.07, 6.45) is 0.801. The molecule has 2 aromatic carbocycles. The Morgan fingerprint density at radius 3 is 2.18 bits per heavy atom. The van der Waals surface area contributed by atoms with Gasteiger partial charge >= 0.3 is 0 Å². The first-order chi connectivity index (χ1) is 13.3. The average molecular weight is 382 g/mol. The highest BCUT2D eigenvalue weighted by Crippen LogP contribution is 2.22. The second-order valence-corrected chi connectivity index (χ2v) is 7.96. The van der Waals surface area contributed by atoms with Gasteiger partial charge in [0.2, 0.25) is 5.91 Å². The Hall–Kier alpha value is -2.82. The summed E-state index contributed by atoms with van der Waals surface area (Å²) in [5.41, 5.74) is 2.82. The fraction of sp³-hybridized carbons (Fsp3) is 0.391. The van der Waals surface area contributed by atoms with E-state index in [-0.39, 0.29) is 17.2 Å². The minimum Gasteiger partial charge on any atom is -0.385 e. The Kier molecular flexibility index (Phi) is 7.61. The molecule has 2 aromatic rings. The quantitative estimate of drug-likeness (QED) is 0.610. The minimum absolute atomic E-state index is 0.0392. The molecule has 0 fully saturated rings. The van der Waals surface area contributed by atoms with E-state index in [9.17, 15) is 9.59 Å². The highest BCUT2D eigenvalue weighted by molar-refractivity contribution is 5.97. The Balaban J connectivity index is 1.71. The predicted octanol–water partition coefficient (Wildman–Crippen LogP) is 3.72. The zero-order chi connectivity index (χ0) is 20.6. The Labute approximate surface area is 167 Å². The summed E-state index contributed by atoms with van der Waals surface area (Å²) in [7, 11) is 0. The first-order valence-corrected chi connectivity index (χ1v) is 9.75. The highest BCUT2D eigenvalue weighted by Gasteiger charge is 2.17. The molecule has 0 saturated carbocycles. The van der Waals surface area contributed by atoms with Gasteiger partial charge in [-0.3, -0.25) is 9.59 Å². The van der Waals surface area contributed by atoms with Crippen molar-refractivity contribution in [2.75, 3.05) is 18.4 Å². The van der Waals surface area contributed by atoms with Crippen LogP contribution in [0, 0.1) is 0 Å². The largest absolute Gasteiger partial charge is 0.385 e. The zero-order valence-corrected chi connectivity index (χ0v) is 17.2. The molecule has 28 heavy (non-hydrogen) atoms. The van der Waals surface area contributed by atoms with Crippen molar-refractivity contribution < 1.29 is 9.59 Å². The molecule has 0 bridgehead atoms. The lowest BCUT2D eigenvalue weighted by atomic mass is 9.86. The fourth-order valence-corrected chi connectivity index (χ4v) is 2.71. The molecule has 0 aliphatic carbocycles. The van der Waals surface area contributed by atoms with Crippen molar-refractivity contribution in [2.45, 2.75) is 45.6 Å². The van der Waals surface area contributed by atoms with Crippen LogP contribution in [0.4, 0.5) is 5.69 Å². The maximum Gasteiger partial charge on any atom is 0.251 e. The van der Waals surface area contributed by atoms with E-state index in [4.69, 9.17) is 0 Å². The SMILES string of the molecule is CC(NC(=O)c1ccc(C(C)(C)C)cc1)C(=O)NCCCNc1ccccc1. The van der Waals surface area contributed by atoms with Crippen molar-refractivity contribution in [1.82, 2.24) is 10.6 Å². The van der Waals surface area contributed by atoms with E-state index in [0.29, 0.717) is 12.1 Å². The van der Waals surface area contributed by atoms with Crippen molar-refractivity contribution >= 4 is 17.5 Å². The van der Waals surface area contributed by atoms with Crippen LogP contribution >= 0.6 is 0 Å². The van der Waals surface area contributed by atoms with Gasteiger partial charge in [0, 0.05) is 24.3 Å². The third-order valence-corrected chi connectivity index (χ3v) is 4.51. The number of rotatable bonds is 8. The van der Waals surface area contributed by atoms with E-state index in [1.165, 1.54) is 5.56 Å². The number of carbonyl (C=O) groups excluding carboxylic acids is 2. The summed E-state index contributed by atoms with van der Waals surface area (Å²) < 4.78 is 0. The molecule has 5 nitrogen and oxygen atoms in total. The fourth-order valence-electron chi connectivity index (χ4n) is 2.71. The molecular weight excluding hydrogens is 350 g/mol. The molecule has 1 unspecified atom stereocenters. The van der Waals surface area contributed by atoms with E-state index >= 15 is 0 Å². The Morgan fingerprint density at radius 2 is 1.57 bits per heavy atom. The van der Waals surface area contributed by atoms with Gasteiger partial charge < -0.3 is 16.0 Å². The molecule has 2 amide bonds. The van der Waals surface area contributed by atoms with Gasteiger partial charge in [0.05, 0.1) is 0 Å². The van der Waals surface area contributed by atoms with Crippen LogP contribution in [0.15, 0.2) is 54.6 Å². The second kappa shape index (κ2) is 9.93. The van der Waals surface area contributed by atoms with Crippen molar-refractivity contribution in [1.29, 1.82) is 0 Å². The molecule has 0 aromatic heterocycles. The van der Waals surface area contributed by atoms with Gasteiger partial charge in [-0.15, -0.1) is 0 Å². The average Bonchev–Trinajstić information content (AvgIpc) is 2.67. The molecule has 0 aliphatic rings. The smallest absolute Gasteiger partial charge is 0.251 e. The zero-order valence-electron chi connectivity index (χ0n) is 17.2.